The van der Waals surface area contributed by atoms with E-state index in [-0.39, 0.29) is 11.5 Å². The summed E-state index contributed by atoms with van der Waals surface area (Å²) in [4.78, 5) is 17.1. The molecule has 1 unspecified atom stereocenters. The van der Waals surface area contributed by atoms with E-state index >= 15 is 0 Å². The summed E-state index contributed by atoms with van der Waals surface area (Å²) in [5, 5.41) is -0.690. The second kappa shape index (κ2) is 11.2. The molecule has 0 spiro atoms. The fraction of sp³-hybridized carbons (Fsp3) is 0.458. The number of piperidine rings is 1. The van der Waals surface area contributed by atoms with Gasteiger partial charge in [-0.2, -0.15) is 0 Å². The minimum atomic E-state index is -3.83. The van der Waals surface area contributed by atoms with Gasteiger partial charge in [-0.25, -0.2) is 12.8 Å². The molecule has 1 aliphatic heterocycles. The van der Waals surface area contributed by atoms with Crippen molar-refractivity contribution in [1.29, 1.82) is 0 Å². The summed E-state index contributed by atoms with van der Waals surface area (Å²) in [5.74, 6) is -1.54. The fourth-order valence-electron chi connectivity index (χ4n) is 4.13. The standard InChI is InChI=1S/C24H32FN3O4S/c1-17-15-21(20-7-5-4-6-8-20)16-22(23(17)25)24(29)26-27-33(30,31)18(2)19-9-11-28(12-10-19)13-14-32-3/h4-8,15-16,18-19,27H,9-14H2,1-3H3,(H,26,29). The van der Waals surface area contributed by atoms with E-state index in [1.54, 1.807) is 27.0 Å². The van der Waals surface area contributed by atoms with Crippen LogP contribution < -0.4 is 10.3 Å². The van der Waals surface area contributed by atoms with E-state index in [1.807, 2.05) is 30.3 Å². The van der Waals surface area contributed by atoms with Gasteiger partial charge in [0.1, 0.15) is 5.82 Å². The van der Waals surface area contributed by atoms with Crippen LogP contribution in [-0.2, 0) is 14.8 Å². The second-order valence-corrected chi connectivity index (χ2v) is 10.5. The number of nitrogens with one attached hydrogen (secondary N) is 2. The van der Waals surface area contributed by atoms with Gasteiger partial charge in [0.2, 0.25) is 10.0 Å². The number of nitrogens with zero attached hydrogens (tertiary/aromatic N) is 1. The van der Waals surface area contributed by atoms with E-state index in [2.05, 4.69) is 15.2 Å². The van der Waals surface area contributed by atoms with Gasteiger partial charge in [0.25, 0.3) is 5.91 Å². The Bertz CT molecular complexity index is 1050. The maximum absolute atomic E-state index is 14.7. The maximum Gasteiger partial charge on any atom is 0.269 e. The van der Waals surface area contributed by atoms with Crippen molar-refractivity contribution < 1.29 is 22.3 Å². The van der Waals surface area contributed by atoms with Crippen LogP contribution in [0.5, 0.6) is 0 Å². The lowest BCUT2D eigenvalue weighted by molar-refractivity contribution is 0.0940. The molecule has 1 heterocycles. The van der Waals surface area contributed by atoms with E-state index in [1.165, 1.54) is 6.07 Å². The zero-order valence-corrected chi connectivity index (χ0v) is 20.1. The zero-order valence-electron chi connectivity index (χ0n) is 19.3. The SMILES string of the molecule is COCCN1CCC(C(C)S(=O)(=O)NNC(=O)c2cc(-c3ccccc3)cc(C)c2F)CC1. The third kappa shape index (κ3) is 6.38. The number of carbonyl (C=O) groups is 1. The molecule has 2 aromatic carbocycles. The highest BCUT2D eigenvalue weighted by molar-refractivity contribution is 7.90. The van der Waals surface area contributed by atoms with E-state index in [4.69, 9.17) is 4.74 Å². The summed E-state index contributed by atoms with van der Waals surface area (Å²) in [6.45, 7) is 6.29. The van der Waals surface area contributed by atoms with Gasteiger partial charge in [0.05, 0.1) is 17.4 Å². The molecule has 1 fully saturated rings. The van der Waals surface area contributed by atoms with Crippen LogP contribution in [0, 0.1) is 18.7 Å². The van der Waals surface area contributed by atoms with Gasteiger partial charge in [-0.15, -0.1) is 4.83 Å². The molecule has 180 valence electrons. The van der Waals surface area contributed by atoms with E-state index in [0.29, 0.717) is 17.7 Å². The molecular formula is C24H32FN3O4S. The van der Waals surface area contributed by atoms with Crippen molar-refractivity contribution in [1.82, 2.24) is 15.2 Å². The molecule has 0 bridgehead atoms. The van der Waals surface area contributed by atoms with Gasteiger partial charge >= 0.3 is 0 Å². The van der Waals surface area contributed by atoms with E-state index in [9.17, 15) is 17.6 Å². The molecule has 1 amide bonds. The molecule has 33 heavy (non-hydrogen) atoms. The maximum atomic E-state index is 14.7. The summed E-state index contributed by atoms with van der Waals surface area (Å²) >= 11 is 0. The van der Waals surface area contributed by atoms with Crippen molar-refractivity contribution in [3.63, 3.8) is 0 Å². The highest BCUT2D eigenvalue weighted by Crippen LogP contribution is 2.26. The minimum Gasteiger partial charge on any atom is -0.383 e. The van der Waals surface area contributed by atoms with E-state index in [0.717, 1.165) is 38.0 Å². The number of aryl methyl sites for hydroxylation is 1. The molecule has 1 aliphatic rings. The number of halogens is 1. The van der Waals surface area contributed by atoms with Crippen LogP contribution in [0.2, 0.25) is 0 Å². The number of amides is 1. The van der Waals surface area contributed by atoms with Gasteiger partial charge in [0.15, 0.2) is 0 Å². The first-order valence-electron chi connectivity index (χ1n) is 11.1. The van der Waals surface area contributed by atoms with Gasteiger partial charge in [-0.1, -0.05) is 30.3 Å². The molecule has 1 saturated heterocycles. The average molecular weight is 478 g/mol. The van der Waals surface area contributed by atoms with Crippen LogP contribution in [0.15, 0.2) is 42.5 Å². The predicted octanol–water partition coefficient (Wildman–Crippen LogP) is 3.11. The lowest BCUT2D eigenvalue weighted by Gasteiger charge is -2.34. The molecule has 0 aromatic heterocycles. The van der Waals surface area contributed by atoms with Crippen LogP contribution >= 0.6 is 0 Å². The number of sulfonamides is 1. The number of hydrogen-bond donors (Lipinski definition) is 2. The Balaban J connectivity index is 1.64. The molecule has 1 atom stereocenters. The number of ether oxygens (including phenoxy) is 1. The quantitative estimate of drug-likeness (QED) is 0.542. The van der Waals surface area contributed by atoms with Crippen molar-refractivity contribution >= 4 is 15.9 Å². The van der Waals surface area contributed by atoms with Crippen molar-refractivity contribution in [3.05, 3.63) is 59.4 Å². The number of likely N-dealkylation sites (tertiary alicyclic amines) is 1. The molecule has 0 saturated carbocycles. The topological polar surface area (TPSA) is 87.7 Å². The second-order valence-electron chi connectivity index (χ2n) is 8.50. The van der Waals surface area contributed by atoms with Crippen LogP contribution in [-0.4, -0.2) is 57.8 Å². The summed E-state index contributed by atoms with van der Waals surface area (Å²) in [5.41, 5.74) is 3.80. The lowest BCUT2D eigenvalue weighted by Crippen LogP contribution is -2.49. The predicted molar refractivity (Wildman–Crippen MR) is 127 cm³/mol. The Kier molecular flexibility index (Phi) is 8.58. The summed E-state index contributed by atoms with van der Waals surface area (Å²) in [6, 6.07) is 12.4. The molecule has 3 rings (SSSR count). The molecular weight excluding hydrogens is 445 g/mol. The highest BCUT2D eigenvalue weighted by atomic mass is 32.2. The Hall–Kier alpha value is -2.33. The van der Waals surface area contributed by atoms with Crippen LogP contribution in [0.4, 0.5) is 4.39 Å². The first-order chi connectivity index (χ1) is 15.7. The highest BCUT2D eigenvalue weighted by Gasteiger charge is 2.32. The first-order valence-corrected chi connectivity index (χ1v) is 12.7. The number of methoxy groups -OCH3 is 1. The largest absolute Gasteiger partial charge is 0.383 e. The van der Waals surface area contributed by atoms with Crippen LogP contribution in [0.3, 0.4) is 0 Å². The number of rotatable bonds is 9. The van der Waals surface area contributed by atoms with Gasteiger partial charge in [0, 0.05) is 13.7 Å². The van der Waals surface area contributed by atoms with E-state index < -0.39 is 27.0 Å². The van der Waals surface area contributed by atoms with Crippen molar-refractivity contribution in [2.24, 2.45) is 5.92 Å². The van der Waals surface area contributed by atoms with Gasteiger partial charge in [-0.3, -0.25) is 10.2 Å². The number of carbonyl (C=O) groups excluding carboxylic acids is 1. The Morgan fingerprint density at radius 1 is 1.18 bits per heavy atom. The third-order valence-corrected chi connectivity index (χ3v) is 8.06. The first kappa shape index (κ1) is 25.3. The summed E-state index contributed by atoms with van der Waals surface area (Å²) in [7, 11) is -2.17. The molecule has 7 nitrogen and oxygen atoms in total. The monoisotopic (exact) mass is 477 g/mol. The molecule has 2 N–H and O–H groups in total. The summed E-state index contributed by atoms with van der Waals surface area (Å²) < 4.78 is 45.4. The Labute approximate surface area is 195 Å². The molecule has 9 heteroatoms. The Morgan fingerprint density at radius 2 is 1.85 bits per heavy atom. The van der Waals surface area contributed by atoms with Crippen molar-refractivity contribution in [2.75, 3.05) is 33.4 Å². The number of hydrogen-bond acceptors (Lipinski definition) is 5. The van der Waals surface area contributed by atoms with Gasteiger partial charge < -0.3 is 9.64 Å². The smallest absolute Gasteiger partial charge is 0.269 e. The zero-order chi connectivity index (χ0) is 24.0. The summed E-state index contributed by atoms with van der Waals surface area (Å²) in [6.07, 6.45) is 1.49. The molecule has 2 aromatic rings. The van der Waals surface area contributed by atoms with Crippen molar-refractivity contribution in [2.45, 2.75) is 31.9 Å². The van der Waals surface area contributed by atoms with Crippen LogP contribution in [0.1, 0.15) is 35.7 Å². The Morgan fingerprint density at radius 3 is 2.48 bits per heavy atom. The molecule has 0 radical (unpaired) electrons. The fourth-order valence-corrected chi connectivity index (χ4v) is 5.33. The lowest BCUT2D eigenvalue weighted by atomic mass is 9.94. The normalized spacial score (nSPS) is 16.5. The molecule has 0 aliphatic carbocycles. The van der Waals surface area contributed by atoms with Crippen molar-refractivity contribution in [3.8, 4) is 11.1 Å². The van der Waals surface area contributed by atoms with Gasteiger partial charge in [-0.05, 0) is 74.5 Å². The minimum absolute atomic E-state index is 0.0291. The average Bonchev–Trinajstić information content (AvgIpc) is 2.83. The van der Waals surface area contributed by atoms with Crippen LogP contribution in [0.25, 0.3) is 11.1 Å². The number of hydrazine groups is 1. The third-order valence-electron chi connectivity index (χ3n) is 6.31. The number of benzene rings is 2.